The van der Waals surface area contributed by atoms with E-state index < -0.39 is 0 Å². The molecule has 21 heavy (non-hydrogen) atoms. The van der Waals surface area contributed by atoms with Crippen LogP contribution < -0.4 is 5.73 Å². The van der Waals surface area contributed by atoms with Gasteiger partial charge in [-0.25, -0.2) is 4.79 Å². The highest BCUT2D eigenvalue weighted by Crippen LogP contribution is 2.39. The Balaban J connectivity index is 2.08. The average Bonchev–Trinajstić information content (AvgIpc) is 2.37. The Hall–Kier alpha value is -1.35. The van der Waals surface area contributed by atoms with E-state index in [1.165, 1.54) is 6.42 Å². The molecular weight excluding hydrogens is 262 g/mol. The summed E-state index contributed by atoms with van der Waals surface area (Å²) in [5.74, 6) is 0.403. The fourth-order valence-corrected chi connectivity index (χ4v) is 3.66. The molecule has 3 heteroatoms. The highest BCUT2D eigenvalue weighted by molar-refractivity contribution is 5.91. The van der Waals surface area contributed by atoms with E-state index in [0.717, 1.165) is 18.4 Å². The number of hydrogen-bond acceptors (Lipinski definition) is 3. The lowest BCUT2D eigenvalue weighted by atomic mass is 9.71. The summed E-state index contributed by atoms with van der Waals surface area (Å²) in [5, 5.41) is 0. The molecule has 2 atom stereocenters. The molecule has 2 N–H and O–H groups in total. The van der Waals surface area contributed by atoms with Gasteiger partial charge in [0.15, 0.2) is 0 Å². The maximum Gasteiger partial charge on any atom is 0.338 e. The zero-order valence-corrected chi connectivity index (χ0v) is 13.4. The zero-order valence-electron chi connectivity index (χ0n) is 13.4. The van der Waals surface area contributed by atoms with Crippen LogP contribution in [0.1, 0.15) is 56.0 Å². The maximum absolute atomic E-state index is 12.5. The Morgan fingerprint density at radius 3 is 2.71 bits per heavy atom. The third kappa shape index (κ3) is 4.31. The van der Waals surface area contributed by atoms with Crippen LogP contribution >= 0.6 is 0 Å². The number of ether oxygens (including phenoxy) is 1. The summed E-state index contributed by atoms with van der Waals surface area (Å²) in [6.45, 7) is 7.29. The fourth-order valence-electron chi connectivity index (χ4n) is 3.66. The highest BCUT2D eigenvalue weighted by Gasteiger charge is 2.34. The lowest BCUT2D eigenvalue weighted by molar-refractivity contribution is -0.00723. The van der Waals surface area contributed by atoms with Gasteiger partial charge >= 0.3 is 5.97 Å². The minimum Gasteiger partial charge on any atom is -0.459 e. The molecule has 2 rings (SSSR count). The van der Waals surface area contributed by atoms with Gasteiger partial charge in [0.05, 0.1) is 5.56 Å². The van der Waals surface area contributed by atoms with Crippen molar-refractivity contribution in [1.29, 1.82) is 0 Å². The summed E-state index contributed by atoms with van der Waals surface area (Å²) in [7, 11) is 0. The van der Waals surface area contributed by atoms with E-state index in [9.17, 15) is 4.79 Å². The summed E-state index contributed by atoms with van der Waals surface area (Å²) in [6.07, 6.45) is 3.85. The van der Waals surface area contributed by atoms with Gasteiger partial charge in [0.1, 0.15) is 6.10 Å². The smallest absolute Gasteiger partial charge is 0.338 e. The lowest BCUT2D eigenvalue weighted by Crippen LogP contribution is -2.34. The first kappa shape index (κ1) is 16.0. The molecule has 0 bridgehead atoms. The second kappa shape index (κ2) is 6.61. The second-order valence-electron chi connectivity index (χ2n) is 7.14. The molecule has 0 radical (unpaired) electrons. The Morgan fingerprint density at radius 1 is 1.33 bits per heavy atom. The van der Waals surface area contributed by atoms with Gasteiger partial charge < -0.3 is 10.5 Å². The maximum atomic E-state index is 12.5. The summed E-state index contributed by atoms with van der Waals surface area (Å²) >= 11 is 0. The molecule has 0 heterocycles. The van der Waals surface area contributed by atoms with Gasteiger partial charge in [-0.1, -0.05) is 39.0 Å². The van der Waals surface area contributed by atoms with Crippen LogP contribution in [-0.4, -0.2) is 18.6 Å². The monoisotopic (exact) mass is 289 g/mol. The lowest BCUT2D eigenvalue weighted by Gasteiger charge is -2.38. The van der Waals surface area contributed by atoms with Crippen LogP contribution in [0.5, 0.6) is 0 Å². The van der Waals surface area contributed by atoms with Crippen molar-refractivity contribution >= 4 is 5.97 Å². The van der Waals surface area contributed by atoms with E-state index in [1.54, 1.807) is 0 Å². The molecule has 0 spiro atoms. The summed E-state index contributed by atoms with van der Waals surface area (Å²) < 4.78 is 5.79. The molecule has 1 aromatic carbocycles. The van der Waals surface area contributed by atoms with E-state index in [0.29, 0.717) is 24.4 Å². The minimum absolute atomic E-state index is 0.0298. The van der Waals surface area contributed by atoms with Crippen LogP contribution in [0, 0.1) is 11.3 Å². The van der Waals surface area contributed by atoms with Gasteiger partial charge in [-0.05, 0) is 55.2 Å². The van der Waals surface area contributed by atoms with Gasteiger partial charge in [-0.15, -0.1) is 0 Å². The van der Waals surface area contributed by atoms with Crippen molar-refractivity contribution in [2.75, 3.05) is 6.54 Å². The molecule has 0 amide bonds. The highest BCUT2D eigenvalue weighted by atomic mass is 16.5. The largest absolute Gasteiger partial charge is 0.459 e. The predicted octanol–water partition coefficient (Wildman–Crippen LogP) is 3.56. The van der Waals surface area contributed by atoms with Crippen LogP contribution in [0.3, 0.4) is 0 Å². The molecule has 0 saturated heterocycles. The molecule has 116 valence electrons. The molecule has 1 aromatic rings. The third-order valence-electron chi connectivity index (χ3n) is 4.27. The number of carbonyl (C=O) groups is 1. The Bertz CT molecular complexity index is 496. The van der Waals surface area contributed by atoms with Crippen molar-refractivity contribution in [2.45, 2.75) is 52.6 Å². The van der Waals surface area contributed by atoms with Crippen LogP contribution in [0.15, 0.2) is 24.3 Å². The van der Waals surface area contributed by atoms with E-state index in [-0.39, 0.29) is 17.5 Å². The normalized spacial score (nSPS) is 24.6. The van der Waals surface area contributed by atoms with E-state index in [4.69, 9.17) is 10.5 Å². The SMILES string of the molecule is CC1CC(OC(=O)c2ccccc2CCN)CC(C)(C)C1. The first-order valence-corrected chi connectivity index (χ1v) is 7.90. The third-order valence-corrected chi connectivity index (χ3v) is 4.27. The zero-order chi connectivity index (χ0) is 15.5. The molecule has 0 aliphatic heterocycles. The standard InChI is InChI=1S/C18H27NO2/c1-13-10-15(12-18(2,3)11-13)21-17(20)16-7-5-4-6-14(16)8-9-19/h4-7,13,15H,8-12,19H2,1-3H3. The van der Waals surface area contributed by atoms with Crippen molar-refractivity contribution in [3.63, 3.8) is 0 Å². The van der Waals surface area contributed by atoms with Crippen LogP contribution in [0.25, 0.3) is 0 Å². The van der Waals surface area contributed by atoms with Crippen molar-refractivity contribution in [1.82, 2.24) is 0 Å². The van der Waals surface area contributed by atoms with Crippen molar-refractivity contribution < 1.29 is 9.53 Å². The van der Waals surface area contributed by atoms with Crippen LogP contribution in [-0.2, 0) is 11.2 Å². The van der Waals surface area contributed by atoms with Gasteiger partial charge in [-0.3, -0.25) is 0 Å². The van der Waals surface area contributed by atoms with E-state index >= 15 is 0 Å². The quantitative estimate of drug-likeness (QED) is 0.862. The molecule has 1 fully saturated rings. The summed E-state index contributed by atoms with van der Waals surface area (Å²) in [6, 6.07) is 7.61. The average molecular weight is 289 g/mol. The Labute approximate surface area is 127 Å². The molecular formula is C18H27NO2. The minimum atomic E-state index is -0.200. The topological polar surface area (TPSA) is 52.3 Å². The molecule has 0 aromatic heterocycles. The number of esters is 1. The molecule has 1 aliphatic rings. The number of hydrogen-bond donors (Lipinski definition) is 1. The molecule has 3 nitrogen and oxygen atoms in total. The van der Waals surface area contributed by atoms with Gasteiger partial charge in [0, 0.05) is 0 Å². The van der Waals surface area contributed by atoms with E-state index in [1.807, 2.05) is 24.3 Å². The van der Waals surface area contributed by atoms with Crippen LogP contribution in [0.4, 0.5) is 0 Å². The fraction of sp³-hybridized carbons (Fsp3) is 0.611. The summed E-state index contributed by atoms with van der Waals surface area (Å²) in [4.78, 5) is 12.5. The molecule has 2 unspecified atom stereocenters. The van der Waals surface area contributed by atoms with Crippen molar-refractivity contribution in [2.24, 2.45) is 17.1 Å². The van der Waals surface area contributed by atoms with Gasteiger partial charge in [0.25, 0.3) is 0 Å². The number of benzene rings is 1. The first-order valence-electron chi connectivity index (χ1n) is 7.90. The molecule has 1 aliphatic carbocycles. The number of carbonyl (C=O) groups excluding carboxylic acids is 1. The van der Waals surface area contributed by atoms with Crippen LogP contribution in [0.2, 0.25) is 0 Å². The second-order valence-corrected chi connectivity index (χ2v) is 7.14. The van der Waals surface area contributed by atoms with E-state index in [2.05, 4.69) is 20.8 Å². The predicted molar refractivity (Wildman–Crippen MR) is 85.2 cm³/mol. The summed E-state index contributed by atoms with van der Waals surface area (Å²) in [5.41, 5.74) is 7.51. The first-order chi connectivity index (χ1) is 9.91. The number of rotatable bonds is 4. The number of nitrogens with two attached hydrogens (primary N) is 1. The van der Waals surface area contributed by atoms with Gasteiger partial charge in [-0.2, -0.15) is 0 Å². The van der Waals surface area contributed by atoms with Gasteiger partial charge in [0.2, 0.25) is 0 Å². The Kier molecular flexibility index (Phi) is 5.04. The molecule has 1 saturated carbocycles. The van der Waals surface area contributed by atoms with Crippen molar-refractivity contribution in [3.8, 4) is 0 Å². The van der Waals surface area contributed by atoms with Crippen molar-refractivity contribution in [3.05, 3.63) is 35.4 Å². The Morgan fingerprint density at radius 2 is 2.05 bits per heavy atom.